The normalized spacial score (nSPS) is 16.4. The van der Waals surface area contributed by atoms with Crippen LogP contribution in [-0.2, 0) is 5.41 Å². The van der Waals surface area contributed by atoms with E-state index in [9.17, 15) is 0 Å². The number of nitrogens with zero attached hydrogens (tertiary/aromatic N) is 1. The van der Waals surface area contributed by atoms with Gasteiger partial charge in [-0.2, -0.15) is 0 Å². The molecule has 0 saturated carbocycles. The molecule has 0 unspecified atom stereocenters. The minimum absolute atomic E-state index is 0.00442. The monoisotopic (exact) mass is 308 g/mol. The molecule has 0 bridgehead atoms. The van der Waals surface area contributed by atoms with Crippen LogP contribution in [0.2, 0.25) is 0 Å². The first-order valence-electron chi connectivity index (χ1n) is 10.8. The first kappa shape index (κ1) is 8.30. The van der Waals surface area contributed by atoms with Crippen LogP contribution in [0.5, 0.6) is 0 Å². The number of fused-ring (bicyclic) bond motifs is 2. The molecule has 0 aliphatic rings. The second-order valence-electron chi connectivity index (χ2n) is 6.42. The topological polar surface area (TPSA) is 26.0 Å². The van der Waals surface area contributed by atoms with Crippen LogP contribution in [0.25, 0.3) is 33.3 Å². The molecule has 114 valence electrons. The van der Waals surface area contributed by atoms with Crippen LogP contribution < -0.4 is 0 Å². The van der Waals surface area contributed by atoms with Gasteiger partial charge in [-0.1, -0.05) is 69.2 Å². The maximum absolute atomic E-state index is 8.44. The van der Waals surface area contributed by atoms with Gasteiger partial charge in [-0.3, -0.25) is 0 Å². The van der Waals surface area contributed by atoms with Gasteiger partial charge in [-0.25, -0.2) is 4.98 Å². The predicted octanol–water partition coefficient (Wildman–Crippen LogP) is 5.95. The van der Waals surface area contributed by atoms with E-state index in [4.69, 9.17) is 14.0 Å². The number of benzene rings is 3. The van der Waals surface area contributed by atoms with Crippen LogP contribution in [0.1, 0.15) is 35.9 Å². The number of hydrogen-bond acceptors (Lipinski definition) is 2. The molecule has 0 aliphatic carbocycles. The van der Waals surface area contributed by atoms with Gasteiger partial charge in [0.1, 0.15) is 5.52 Å². The van der Waals surface area contributed by atoms with Crippen molar-refractivity contribution in [3.05, 3.63) is 66.1 Å². The van der Waals surface area contributed by atoms with Gasteiger partial charge >= 0.3 is 0 Å². The third kappa shape index (κ3) is 2.31. The Hall–Kier alpha value is -2.61. The van der Waals surface area contributed by atoms with Crippen molar-refractivity contribution in [2.24, 2.45) is 0 Å². The van der Waals surface area contributed by atoms with Gasteiger partial charge in [0.15, 0.2) is 5.58 Å². The summed E-state index contributed by atoms with van der Waals surface area (Å²) in [5, 5.41) is -0.147. The molecule has 2 heteroatoms. The van der Waals surface area contributed by atoms with Crippen LogP contribution in [0.4, 0.5) is 0 Å². The molecule has 4 aromatic rings. The molecule has 23 heavy (non-hydrogen) atoms. The summed E-state index contributed by atoms with van der Waals surface area (Å²) in [7, 11) is 0. The Bertz CT molecular complexity index is 1340. The van der Waals surface area contributed by atoms with E-state index in [0.717, 1.165) is 5.56 Å². The van der Waals surface area contributed by atoms with Crippen LogP contribution in [0, 0.1) is 0 Å². The first-order chi connectivity index (χ1) is 13.9. The van der Waals surface area contributed by atoms with Gasteiger partial charge < -0.3 is 4.42 Å². The molecule has 0 spiro atoms. The molecule has 0 aliphatic heterocycles. The Morgan fingerprint density at radius 3 is 2.61 bits per heavy atom. The minimum atomic E-state index is -0.489. The smallest absolute Gasteiger partial charge is 0.227 e. The van der Waals surface area contributed by atoms with Crippen molar-refractivity contribution in [2.45, 2.75) is 26.2 Å². The molecule has 0 amide bonds. The highest BCUT2D eigenvalue weighted by Gasteiger charge is 2.20. The molecule has 0 atom stereocenters. The average molecular weight is 308 g/mol. The lowest BCUT2D eigenvalue weighted by Gasteiger charge is -2.18. The summed E-state index contributed by atoms with van der Waals surface area (Å²) >= 11 is 0. The zero-order chi connectivity index (χ0) is 22.1. The molecule has 4 rings (SSSR count). The largest absolute Gasteiger partial charge is 0.436 e. The summed E-state index contributed by atoms with van der Waals surface area (Å²) in [5.41, 5.74) is 1.77. The molecule has 0 N–H and O–H groups in total. The van der Waals surface area contributed by atoms with E-state index in [1.54, 1.807) is 6.07 Å². The van der Waals surface area contributed by atoms with Crippen LogP contribution in [-0.4, -0.2) is 4.98 Å². The van der Waals surface area contributed by atoms with Crippen molar-refractivity contribution in [3.63, 3.8) is 0 Å². The summed E-state index contributed by atoms with van der Waals surface area (Å²) in [4.78, 5) is 4.57. The van der Waals surface area contributed by atoms with E-state index in [1.807, 2.05) is 32.9 Å². The molecular formula is C21H19NO. The van der Waals surface area contributed by atoms with Crippen molar-refractivity contribution in [2.75, 3.05) is 0 Å². The Morgan fingerprint density at radius 1 is 1.00 bits per heavy atom. The summed E-state index contributed by atoms with van der Waals surface area (Å²) in [6, 6.07) is 2.52. The van der Waals surface area contributed by atoms with Gasteiger partial charge in [0, 0.05) is 5.56 Å². The molecule has 0 fully saturated rings. The summed E-state index contributed by atoms with van der Waals surface area (Å²) < 4.78 is 63.3. The van der Waals surface area contributed by atoms with E-state index in [0.29, 0.717) is 11.1 Å². The number of rotatable bonds is 1. The SMILES string of the molecule is [2H]c1c([2H])c([2H])c2c(-c3nc4c(C(C)(C)C)cccc4o3)c([2H])c([2H])c([2H])c2c1[2H]. The van der Waals surface area contributed by atoms with Crippen molar-refractivity contribution < 1.29 is 14.0 Å². The maximum atomic E-state index is 8.44. The number of oxazole rings is 1. The third-order valence-electron chi connectivity index (χ3n) is 3.75. The van der Waals surface area contributed by atoms with Gasteiger partial charge in [0.05, 0.1) is 9.60 Å². The average Bonchev–Trinajstić information content (AvgIpc) is 3.11. The van der Waals surface area contributed by atoms with Crippen molar-refractivity contribution in [3.8, 4) is 11.5 Å². The highest BCUT2D eigenvalue weighted by Crippen LogP contribution is 2.34. The third-order valence-corrected chi connectivity index (χ3v) is 3.75. The van der Waals surface area contributed by atoms with Crippen molar-refractivity contribution >= 4 is 21.9 Å². The lowest BCUT2D eigenvalue weighted by Crippen LogP contribution is -2.11. The Morgan fingerprint density at radius 2 is 1.78 bits per heavy atom. The van der Waals surface area contributed by atoms with Crippen LogP contribution >= 0.6 is 0 Å². The second kappa shape index (κ2) is 4.95. The van der Waals surface area contributed by atoms with Gasteiger partial charge in [0.25, 0.3) is 0 Å². The van der Waals surface area contributed by atoms with E-state index in [2.05, 4.69) is 4.98 Å². The molecule has 1 aromatic heterocycles. The maximum Gasteiger partial charge on any atom is 0.227 e. The van der Waals surface area contributed by atoms with Crippen molar-refractivity contribution in [1.29, 1.82) is 0 Å². The molecule has 0 radical (unpaired) electrons. The lowest BCUT2D eigenvalue weighted by atomic mass is 9.86. The molecule has 3 aromatic carbocycles. The highest BCUT2D eigenvalue weighted by atomic mass is 16.3. The zero-order valence-electron chi connectivity index (χ0n) is 20.1. The fourth-order valence-electron chi connectivity index (χ4n) is 2.63. The zero-order valence-corrected chi connectivity index (χ0v) is 13.1. The van der Waals surface area contributed by atoms with E-state index in [1.165, 1.54) is 0 Å². The Labute approximate surface area is 145 Å². The highest BCUT2D eigenvalue weighted by molar-refractivity contribution is 5.96. The summed E-state index contributed by atoms with van der Waals surface area (Å²) in [6.45, 7) is 6.11. The Kier molecular flexibility index (Phi) is 1.79. The Balaban J connectivity index is 2.20. The number of hydrogen-bond donors (Lipinski definition) is 0. The van der Waals surface area contributed by atoms with Gasteiger partial charge in [-0.05, 0) is 33.9 Å². The molecule has 2 nitrogen and oxygen atoms in total. The second-order valence-corrected chi connectivity index (χ2v) is 6.42. The van der Waals surface area contributed by atoms with Gasteiger partial charge in [0.2, 0.25) is 5.89 Å². The predicted molar refractivity (Wildman–Crippen MR) is 95.7 cm³/mol. The van der Waals surface area contributed by atoms with E-state index >= 15 is 0 Å². The van der Waals surface area contributed by atoms with Crippen molar-refractivity contribution in [1.82, 2.24) is 4.98 Å². The quantitative estimate of drug-likeness (QED) is 0.434. The summed E-state index contributed by atoms with van der Waals surface area (Å²) in [5.74, 6) is -0.00442. The lowest BCUT2D eigenvalue weighted by molar-refractivity contribution is 0.593. The number of aromatic nitrogens is 1. The number of para-hydroxylation sites is 1. The van der Waals surface area contributed by atoms with E-state index in [-0.39, 0.29) is 39.7 Å². The molecule has 1 heterocycles. The standard InChI is InChI=1S/C21H19NO/c1-21(2,3)17-12-7-13-18-19(17)22-20(23-18)16-11-6-9-14-8-4-5-10-15(14)16/h4-13H,1-3H3/i4D,5D,6D,8D,9D,10D,11D. The molecular weight excluding hydrogens is 282 g/mol. The van der Waals surface area contributed by atoms with Crippen LogP contribution in [0.15, 0.2) is 64.9 Å². The van der Waals surface area contributed by atoms with E-state index < -0.39 is 30.2 Å². The molecule has 0 saturated heterocycles. The fourth-order valence-corrected chi connectivity index (χ4v) is 2.63. The first-order valence-corrected chi connectivity index (χ1v) is 7.35. The van der Waals surface area contributed by atoms with Gasteiger partial charge in [-0.15, -0.1) is 0 Å². The summed E-state index contributed by atoms with van der Waals surface area (Å²) in [6.07, 6.45) is 0. The minimum Gasteiger partial charge on any atom is -0.436 e. The fraction of sp³-hybridized carbons (Fsp3) is 0.190. The van der Waals surface area contributed by atoms with Crippen LogP contribution in [0.3, 0.4) is 0 Å².